The smallest absolute Gasteiger partial charge is 0.307 e. The van der Waals surface area contributed by atoms with Gasteiger partial charge in [0.25, 0.3) is 0 Å². The molecule has 1 aliphatic rings. The normalized spacial score (nSPS) is 17.3. The Kier molecular flexibility index (Phi) is 4.58. The van der Waals surface area contributed by atoms with E-state index < -0.39 is 0 Å². The first-order chi connectivity index (χ1) is 11.0. The van der Waals surface area contributed by atoms with Crippen LogP contribution in [0, 0.1) is 5.41 Å². The summed E-state index contributed by atoms with van der Waals surface area (Å²) in [7, 11) is 0. The number of furan rings is 1. The molecule has 1 aliphatic heterocycles. The molecule has 2 aromatic rings. The Labute approximate surface area is 139 Å². The van der Waals surface area contributed by atoms with Gasteiger partial charge in [-0.1, -0.05) is 12.1 Å². The molecule has 6 nitrogen and oxygen atoms in total. The second-order valence-corrected chi connectivity index (χ2v) is 6.79. The van der Waals surface area contributed by atoms with Gasteiger partial charge in [-0.2, -0.15) is 0 Å². The molecular formula is C16H22N5OS+. The van der Waals surface area contributed by atoms with Gasteiger partial charge in [-0.25, -0.2) is 0 Å². The van der Waals surface area contributed by atoms with Gasteiger partial charge in [0.1, 0.15) is 5.58 Å². The number of piperazine rings is 1. The van der Waals surface area contributed by atoms with Crippen molar-refractivity contribution < 1.29 is 9.83 Å². The van der Waals surface area contributed by atoms with E-state index in [1.165, 1.54) is 5.56 Å². The average Bonchev–Trinajstić information content (AvgIpc) is 3.01. The summed E-state index contributed by atoms with van der Waals surface area (Å²) in [5.74, 6) is 0. The molecule has 5 N–H and O–H groups in total. The monoisotopic (exact) mass is 332 g/mol. The van der Waals surface area contributed by atoms with Gasteiger partial charge >= 0.3 is 5.17 Å². The van der Waals surface area contributed by atoms with Crippen LogP contribution < -0.4 is 11.1 Å². The Morgan fingerprint density at radius 1 is 1.30 bits per heavy atom. The van der Waals surface area contributed by atoms with Crippen LogP contribution in [-0.4, -0.2) is 46.3 Å². The van der Waals surface area contributed by atoms with Crippen molar-refractivity contribution in [3.05, 3.63) is 36.1 Å². The molecule has 23 heavy (non-hydrogen) atoms. The molecule has 3 rings (SSSR count). The third kappa shape index (κ3) is 3.51. The molecule has 1 saturated heterocycles. The van der Waals surface area contributed by atoms with E-state index in [1.54, 1.807) is 6.26 Å². The van der Waals surface area contributed by atoms with Crippen molar-refractivity contribution in [1.29, 1.82) is 5.41 Å². The van der Waals surface area contributed by atoms with Gasteiger partial charge in [-0.15, -0.1) is 0 Å². The number of amidine groups is 2. The number of fused-ring (bicyclic) bond motifs is 1. The molecule has 122 valence electrons. The van der Waals surface area contributed by atoms with Gasteiger partial charge in [0.2, 0.25) is 0 Å². The third-order valence-electron chi connectivity index (χ3n) is 4.33. The molecule has 0 aliphatic carbocycles. The van der Waals surface area contributed by atoms with Crippen molar-refractivity contribution in [3.8, 4) is 0 Å². The van der Waals surface area contributed by atoms with Crippen molar-refractivity contribution in [3.63, 3.8) is 0 Å². The molecule has 1 aromatic carbocycles. The lowest BCUT2D eigenvalue weighted by molar-refractivity contribution is -0.109. The SMILES string of the molecule is CC(c1ccc2ccoc2c1)N1CCN(C(=N)SC(N)=[NH2+])CC1. The summed E-state index contributed by atoms with van der Waals surface area (Å²) in [6.45, 7) is 5.65. The Morgan fingerprint density at radius 3 is 2.74 bits per heavy atom. The maximum absolute atomic E-state index is 8.00. The average molecular weight is 332 g/mol. The first-order valence-electron chi connectivity index (χ1n) is 7.65. The molecule has 1 aromatic heterocycles. The van der Waals surface area contributed by atoms with Crippen LogP contribution in [0.1, 0.15) is 18.5 Å². The van der Waals surface area contributed by atoms with E-state index in [0.717, 1.165) is 48.9 Å². The molecular weight excluding hydrogens is 310 g/mol. The first-order valence-corrected chi connectivity index (χ1v) is 8.46. The third-order valence-corrected chi connectivity index (χ3v) is 5.01. The zero-order valence-electron chi connectivity index (χ0n) is 13.2. The number of thioether (sulfide) groups is 1. The van der Waals surface area contributed by atoms with Gasteiger partial charge in [0.05, 0.1) is 6.26 Å². The first kappa shape index (κ1) is 15.9. The van der Waals surface area contributed by atoms with E-state index in [2.05, 4.69) is 30.0 Å². The molecule has 2 heterocycles. The van der Waals surface area contributed by atoms with Gasteiger partial charge in [0.15, 0.2) is 5.17 Å². The highest BCUT2D eigenvalue weighted by molar-refractivity contribution is 8.26. The standard InChI is InChI=1S/C16H21N5OS/c1-11(13-3-2-12-4-9-22-14(12)10-13)20-5-7-21(8-6-20)16(19)23-15(17)18/h2-4,9-11,19H,5-8H2,1H3,(H3,17,18)/p+1. The Morgan fingerprint density at radius 2 is 2.04 bits per heavy atom. The zero-order chi connectivity index (χ0) is 16.4. The number of nitrogens with one attached hydrogen (secondary N) is 1. The number of benzene rings is 1. The molecule has 1 fully saturated rings. The van der Waals surface area contributed by atoms with Crippen LogP contribution in [-0.2, 0) is 0 Å². The molecule has 1 unspecified atom stereocenters. The van der Waals surface area contributed by atoms with Crippen LogP contribution in [0.4, 0.5) is 0 Å². The quantitative estimate of drug-likeness (QED) is 0.560. The summed E-state index contributed by atoms with van der Waals surface area (Å²) in [4.78, 5) is 4.44. The van der Waals surface area contributed by atoms with Crippen LogP contribution >= 0.6 is 11.8 Å². The zero-order valence-corrected chi connectivity index (χ0v) is 14.0. The lowest BCUT2D eigenvalue weighted by Gasteiger charge is -2.38. The van der Waals surface area contributed by atoms with Gasteiger partial charge in [-0.05, 0) is 24.6 Å². The number of nitrogens with zero attached hydrogens (tertiary/aromatic N) is 2. The van der Waals surface area contributed by atoms with Crippen molar-refractivity contribution in [2.45, 2.75) is 13.0 Å². The molecule has 0 spiro atoms. The van der Waals surface area contributed by atoms with Crippen LogP contribution in [0.2, 0.25) is 0 Å². The second-order valence-electron chi connectivity index (χ2n) is 5.73. The maximum atomic E-state index is 8.00. The minimum atomic E-state index is 0.220. The summed E-state index contributed by atoms with van der Waals surface area (Å²) in [6, 6.07) is 8.68. The molecule has 0 radical (unpaired) electrons. The fourth-order valence-electron chi connectivity index (χ4n) is 2.93. The van der Waals surface area contributed by atoms with Crippen LogP contribution in [0.5, 0.6) is 0 Å². The summed E-state index contributed by atoms with van der Waals surface area (Å²) in [6.07, 6.45) is 1.72. The maximum Gasteiger partial charge on any atom is 0.307 e. The minimum Gasteiger partial charge on any atom is -0.464 e. The fourth-order valence-corrected chi connectivity index (χ4v) is 3.47. The van der Waals surface area contributed by atoms with E-state index >= 15 is 0 Å². The molecule has 7 heteroatoms. The summed E-state index contributed by atoms with van der Waals surface area (Å²) in [5, 5.41) is 15.2. The Bertz CT molecular complexity index is 720. The largest absolute Gasteiger partial charge is 0.464 e. The van der Waals surface area contributed by atoms with E-state index in [1.807, 2.05) is 11.0 Å². The number of rotatable bonds is 2. The number of nitrogens with two attached hydrogens (primary N) is 2. The summed E-state index contributed by atoms with van der Waals surface area (Å²) < 4.78 is 5.50. The van der Waals surface area contributed by atoms with Gasteiger partial charge in [0, 0.05) is 49.4 Å². The summed E-state index contributed by atoms with van der Waals surface area (Å²) in [5.41, 5.74) is 7.64. The lowest BCUT2D eigenvalue weighted by Crippen LogP contribution is -2.50. The Hall–Kier alpha value is -1.99. The van der Waals surface area contributed by atoms with E-state index in [-0.39, 0.29) is 5.17 Å². The van der Waals surface area contributed by atoms with Gasteiger partial charge < -0.3 is 9.32 Å². The van der Waals surface area contributed by atoms with E-state index in [4.69, 9.17) is 21.0 Å². The van der Waals surface area contributed by atoms with Gasteiger partial charge in [-0.3, -0.25) is 21.5 Å². The second kappa shape index (κ2) is 6.64. The van der Waals surface area contributed by atoms with E-state index in [9.17, 15) is 0 Å². The number of hydrogen-bond acceptors (Lipinski definition) is 4. The van der Waals surface area contributed by atoms with E-state index in [0.29, 0.717) is 11.2 Å². The van der Waals surface area contributed by atoms with Crippen LogP contribution in [0.3, 0.4) is 0 Å². The topological polar surface area (TPSA) is 95.1 Å². The van der Waals surface area contributed by atoms with Crippen LogP contribution in [0.15, 0.2) is 34.9 Å². The minimum absolute atomic E-state index is 0.220. The highest BCUT2D eigenvalue weighted by Crippen LogP contribution is 2.26. The Balaban J connectivity index is 1.62. The summed E-state index contributed by atoms with van der Waals surface area (Å²) >= 11 is 1.12. The van der Waals surface area contributed by atoms with Crippen molar-refractivity contribution >= 4 is 33.1 Å². The van der Waals surface area contributed by atoms with Crippen molar-refractivity contribution in [1.82, 2.24) is 9.80 Å². The molecule has 0 bridgehead atoms. The van der Waals surface area contributed by atoms with Crippen molar-refractivity contribution in [2.24, 2.45) is 5.73 Å². The highest BCUT2D eigenvalue weighted by atomic mass is 32.2. The van der Waals surface area contributed by atoms with Crippen LogP contribution in [0.25, 0.3) is 11.0 Å². The number of hydrogen-bond donors (Lipinski definition) is 3. The predicted octanol–water partition coefficient (Wildman–Crippen LogP) is 0.853. The highest BCUT2D eigenvalue weighted by Gasteiger charge is 2.24. The van der Waals surface area contributed by atoms with Crippen molar-refractivity contribution in [2.75, 3.05) is 26.2 Å². The fraction of sp³-hybridized carbons (Fsp3) is 0.375. The lowest BCUT2D eigenvalue weighted by atomic mass is 10.0. The molecule has 1 atom stereocenters. The molecule has 0 amide bonds. The predicted molar refractivity (Wildman–Crippen MR) is 94.2 cm³/mol. The molecule has 0 saturated carbocycles.